The Morgan fingerprint density at radius 2 is 2.11 bits per heavy atom. The summed E-state index contributed by atoms with van der Waals surface area (Å²) >= 11 is 5.88. The van der Waals surface area contributed by atoms with Gasteiger partial charge in [0.15, 0.2) is 6.10 Å². The maximum absolute atomic E-state index is 12.0. The molecule has 1 aromatic rings. The number of carbonyl (C=O) groups is 1. The Balaban J connectivity index is 1.84. The number of hydrogen-bond acceptors (Lipinski definition) is 2. The normalized spacial score (nSPS) is 17.8. The fraction of sp³-hybridized carbons (Fsp3) is 0.533. The molecule has 0 heterocycles. The van der Waals surface area contributed by atoms with Crippen molar-refractivity contribution in [1.29, 1.82) is 0 Å². The quantitative estimate of drug-likeness (QED) is 0.916. The third kappa shape index (κ3) is 4.43. The molecular formula is C15H20ClNO2. The van der Waals surface area contributed by atoms with Crippen LogP contribution < -0.4 is 10.1 Å². The predicted octanol–water partition coefficient (Wildman–Crippen LogP) is 3.56. The summed E-state index contributed by atoms with van der Waals surface area (Å²) in [6, 6.07) is 7.42. The Labute approximate surface area is 119 Å². The van der Waals surface area contributed by atoms with Gasteiger partial charge in [0.05, 0.1) is 0 Å². The number of rotatable bonds is 4. The lowest BCUT2D eigenvalue weighted by atomic mass is 9.95. The van der Waals surface area contributed by atoms with Crippen molar-refractivity contribution in [2.45, 2.75) is 51.2 Å². The lowest BCUT2D eigenvalue weighted by molar-refractivity contribution is -0.128. The molecule has 3 nitrogen and oxygen atoms in total. The maximum atomic E-state index is 12.0. The molecule has 2 rings (SSSR count). The van der Waals surface area contributed by atoms with Gasteiger partial charge in [-0.15, -0.1) is 0 Å². The van der Waals surface area contributed by atoms with Crippen molar-refractivity contribution in [1.82, 2.24) is 5.32 Å². The number of ether oxygens (including phenoxy) is 1. The van der Waals surface area contributed by atoms with Crippen LogP contribution in [0.15, 0.2) is 24.3 Å². The van der Waals surface area contributed by atoms with Crippen molar-refractivity contribution in [2.75, 3.05) is 0 Å². The molecule has 0 radical (unpaired) electrons. The molecule has 1 amide bonds. The second-order valence-corrected chi connectivity index (χ2v) is 5.50. The molecule has 0 aromatic heterocycles. The van der Waals surface area contributed by atoms with E-state index in [9.17, 15) is 4.79 Å². The van der Waals surface area contributed by atoms with Crippen molar-refractivity contribution in [2.24, 2.45) is 0 Å². The zero-order valence-electron chi connectivity index (χ0n) is 11.2. The van der Waals surface area contributed by atoms with Crippen molar-refractivity contribution >= 4 is 17.5 Å². The average Bonchev–Trinajstić information content (AvgIpc) is 2.40. The molecule has 0 bridgehead atoms. The van der Waals surface area contributed by atoms with Gasteiger partial charge in [0, 0.05) is 11.1 Å². The summed E-state index contributed by atoms with van der Waals surface area (Å²) in [4.78, 5) is 12.0. The number of hydrogen-bond donors (Lipinski definition) is 1. The number of amides is 1. The van der Waals surface area contributed by atoms with Gasteiger partial charge in [-0.1, -0.05) is 36.9 Å². The first kappa shape index (κ1) is 14.2. The lowest BCUT2D eigenvalue weighted by Gasteiger charge is -2.24. The van der Waals surface area contributed by atoms with Crippen molar-refractivity contribution in [3.63, 3.8) is 0 Å². The second-order valence-electron chi connectivity index (χ2n) is 5.06. The number of halogens is 1. The molecule has 0 aliphatic heterocycles. The highest BCUT2D eigenvalue weighted by atomic mass is 35.5. The Morgan fingerprint density at radius 3 is 2.79 bits per heavy atom. The lowest BCUT2D eigenvalue weighted by Crippen LogP contribution is -2.43. The van der Waals surface area contributed by atoms with E-state index < -0.39 is 6.10 Å². The van der Waals surface area contributed by atoms with Crippen molar-refractivity contribution in [3.05, 3.63) is 29.3 Å². The highest BCUT2D eigenvalue weighted by molar-refractivity contribution is 6.30. The van der Waals surface area contributed by atoms with Gasteiger partial charge >= 0.3 is 0 Å². The van der Waals surface area contributed by atoms with E-state index >= 15 is 0 Å². The van der Waals surface area contributed by atoms with Gasteiger partial charge in [-0.05, 0) is 38.0 Å². The molecule has 1 N–H and O–H groups in total. The van der Waals surface area contributed by atoms with Gasteiger partial charge < -0.3 is 10.1 Å². The molecule has 1 aliphatic rings. The summed E-state index contributed by atoms with van der Waals surface area (Å²) in [6.45, 7) is 1.76. The smallest absolute Gasteiger partial charge is 0.260 e. The zero-order chi connectivity index (χ0) is 13.7. The van der Waals surface area contributed by atoms with E-state index in [1.54, 1.807) is 25.1 Å². The van der Waals surface area contributed by atoms with Gasteiger partial charge in [-0.2, -0.15) is 0 Å². The maximum Gasteiger partial charge on any atom is 0.260 e. The van der Waals surface area contributed by atoms with E-state index in [2.05, 4.69) is 5.32 Å². The third-order valence-corrected chi connectivity index (χ3v) is 3.66. The number of nitrogens with one attached hydrogen (secondary N) is 1. The Bertz CT molecular complexity index is 430. The molecule has 0 spiro atoms. The van der Waals surface area contributed by atoms with Crippen LogP contribution >= 0.6 is 11.6 Å². The predicted molar refractivity (Wildman–Crippen MR) is 76.6 cm³/mol. The van der Waals surface area contributed by atoms with Crippen LogP contribution in [0.25, 0.3) is 0 Å². The second kappa shape index (κ2) is 6.80. The van der Waals surface area contributed by atoms with Crippen molar-refractivity contribution < 1.29 is 9.53 Å². The highest BCUT2D eigenvalue weighted by Gasteiger charge is 2.20. The van der Waals surface area contributed by atoms with Gasteiger partial charge in [0.25, 0.3) is 5.91 Å². The topological polar surface area (TPSA) is 38.3 Å². The minimum Gasteiger partial charge on any atom is -0.481 e. The van der Waals surface area contributed by atoms with E-state index in [0.29, 0.717) is 16.8 Å². The van der Waals surface area contributed by atoms with Crippen LogP contribution in [-0.2, 0) is 4.79 Å². The van der Waals surface area contributed by atoms with Crippen LogP contribution in [0.5, 0.6) is 5.75 Å². The summed E-state index contributed by atoms with van der Waals surface area (Å²) < 4.78 is 5.60. The number of benzene rings is 1. The molecule has 1 atom stereocenters. The molecular weight excluding hydrogens is 262 g/mol. The Morgan fingerprint density at radius 1 is 1.37 bits per heavy atom. The first-order valence-electron chi connectivity index (χ1n) is 6.88. The average molecular weight is 282 g/mol. The van der Waals surface area contributed by atoms with Crippen LogP contribution in [0, 0.1) is 0 Å². The summed E-state index contributed by atoms with van der Waals surface area (Å²) in [5.41, 5.74) is 0. The van der Waals surface area contributed by atoms with Gasteiger partial charge in [0.2, 0.25) is 0 Å². The molecule has 1 saturated carbocycles. The fourth-order valence-electron chi connectivity index (χ4n) is 2.36. The SMILES string of the molecule is C[C@@H](Oc1cccc(Cl)c1)C(=O)NC1CCCCC1. The van der Waals surface area contributed by atoms with E-state index in [1.165, 1.54) is 19.3 Å². The molecule has 1 fully saturated rings. The van der Waals surface area contributed by atoms with E-state index in [4.69, 9.17) is 16.3 Å². The minimum absolute atomic E-state index is 0.0492. The van der Waals surface area contributed by atoms with Crippen LogP contribution in [0.2, 0.25) is 5.02 Å². The fourth-order valence-corrected chi connectivity index (χ4v) is 2.54. The molecule has 0 unspecified atom stereocenters. The van der Waals surface area contributed by atoms with Crippen LogP contribution in [0.4, 0.5) is 0 Å². The molecule has 4 heteroatoms. The Kier molecular flexibility index (Phi) is 5.08. The molecule has 104 valence electrons. The first-order chi connectivity index (χ1) is 9.15. The van der Waals surface area contributed by atoms with Gasteiger partial charge in [-0.25, -0.2) is 0 Å². The summed E-state index contributed by atoms with van der Waals surface area (Å²) in [6.07, 6.45) is 5.34. The standard InChI is InChI=1S/C15H20ClNO2/c1-11(19-14-9-5-6-12(16)10-14)15(18)17-13-7-3-2-4-8-13/h5-6,9-11,13H,2-4,7-8H2,1H3,(H,17,18)/t11-/m1/s1. The van der Waals surface area contributed by atoms with Crippen LogP contribution in [-0.4, -0.2) is 18.1 Å². The van der Waals surface area contributed by atoms with E-state index in [0.717, 1.165) is 12.8 Å². The Hall–Kier alpha value is -1.22. The molecule has 19 heavy (non-hydrogen) atoms. The molecule has 0 saturated heterocycles. The summed E-state index contributed by atoms with van der Waals surface area (Å²) in [5, 5.41) is 3.67. The summed E-state index contributed by atoms with van der Waals surface area (Å²) in [5.74, 6) is 0.575. The van der Waals surface area contributed by atoms with Crippen molar-refractivity contribution in [3.8, 4) is 5.75 Å². The first-order valence-corrected chi connectivity index (χ1v) is 7.25. The molecule has 1 aliphatic carbocycles. The van der Waals surface area contributed by atoms with E-state index in [1.807, 2.05) is 6.07 Å². The van der Waals surface area contributed by atoms with E-state index in [-0.39, 0.29) is 5.91 Å². The molecule has 1 aromatic carbocycles. The van der Waals surface area contributed by atoms with Crippen LogP contribution in [0.1, 0.15) is 39.0 Å². The highest BCUT2D eigenvalue weighted by Crippen LogP contribution is 2.20. The largest absolute Gasteiger partial charge is 0.481 e. The minimum atomic E-state index is -0.500. The third-order valence-electron chi connectivity index (χ3n) is 3.43. The number of carbonyl (C=O) groups excluding carboxylic acids is 1. The zero-order valence-corrected chi connectivity index (χ0v) is 12.0. The van der Waals surface area contributed by atoms with Gasteiger partial charge in [0.1, 0.15) is 5.75 Å². The monoisotopic (exact) mass is 281 g/mol. The van der Waals surface area contributed by atoms with Gasteiger partial charge in [-0.3, -0.25) is 4.79 Å². The van der Waals surface area contributed by atoms with Crippen LogP contribution in [0.3, 0.4) is 0 Å². The summed E-state index contributed by atoms with van der Waals surface area (Å²) in [7, 11) is 0.